The van der Waals surface area contributed by atoms with Gasteiger partial charge >= 0.3 is 5.97 Å². The number of ether oxygens (including phenoxy) is 2. The molecular formula is C14H17N3O3S. The molecule has 0 radical (unpaired) electrons. The molecule has 112 valence electrons. The minimum atomic E-state index is -0.479. The molecule has 0 aliphatic heterocycles. The molecule has 2 rings (SSSR count). The lowest BCUT2D eigenvalue weighted by molar-refractivity contribution is 0.0603. The molecule has 0 bridgehead atoms. The summed E-state index contributed by atoms with van der Waals surface area (Å²) in [7, 11) is 2.96. The van der Waals surface area contributed by atoms with Crippen LogP contribution in [0.4, 0.5) is 10.8 Å². The molecule has 0 fully saturated rings. The summed E-state index contributed by atoms with van der Waals surface area (Å²) in [5.74, 6) is 0.543. The Hall–Kier alpha value is -2.28. The Kier molecular flexibility index (Phi) is 4.99. The van der Waals surface area contributed by atoms with Crippen LogP contribution in [0, 0.1) is 0 Å². The molecule has 0 saturated heterocycles. The highest BCUT2D eigenvalue weighted by molar-refractivity contribution is 7.11. The molecule has 3 N–H and O–H groups in total. The second-order valence-electron chi connectivity index (χ2n) is 4.29. The van der Waals surface area contributed by atoms with Crippen LogP contribution in [0.3, 0.4) is 0 Å². The van der Waals surface area contributed by atoms with Gasteiger partial charge in [-0.3, -0.25) is 0 Å². The molecule has 0 spiro atoms. The SMILES string of the molecule is COC(=O)c1c(N)nsc1NCCc1ccc(OC)cc1. The zero-order chi connectivity index (χ0) is 15.2. The second kappa shape index (κ2) is 6.94. The topological polar surface area (TPSA) is 86.5 Å². The number of rotatable bonds is 6. The number of nitrogens with zero attached hydrogens (tertiary/aromatic N) is 1. The van der Waals surface area contributed by atoms with Crippen molar-refractivity contribution in [3.8, 4) is 5.75 Å². The Morgan fingerprint density at radius 1 is 1.33 bits per heavy atom. The van der Waals surface area contributed by atoms with Crippen LogP contribution < -0.4 is 15.8 Å². The molecule has 1 aromatic carbocycles. The number of hydrogen-bond acceptors (Lipinski definition) is 7. The Labute approximate surface area is 127 Å². The summed E-state index contributed by atoms with van der Waals surface area (Å²) < 4.78 is 13.8. The van der Waals surface area contributed by atoms with Gasteiger partial charge in [-0.1, -0.05) is 12.1 Å². The van der Waals surface area contributed by atoms with Gasteiger partial charge in [0.25, 0.3) is 0 Å². The summed E-state index contributed by atoms with van der Waals surface area (Å²) >= 11 is 1.15. The van der Waals surface area contributed by atoms with E-state index in [1.54, 1.807) is 7.11 Å². The Morgan fingerprint density at radius 3 is 2.67 bits per heavy atom. The average Bonchev–Trinajstić information content (AvgIpc) is 2.88. The fourth-order valence-corrected chi connectivity index (χ4v) is 2.56. The summed E-state index contributed by atoms with van der Waals surface area (Å²) in [5, 5.41) is 3.80. The van der Waals surface area contributed by atoms with Crippen molar-refractivity contribution in [2.45, 2.75) is 6.42 Å². The Balaban J connectivity index is 1.95. The Morgan fingerprint density at radius 2 is 2.05 bits per heavy atom. The van der Waals surface area contributed by atoms with E-state index in [-0.39, 0.29) is 5.82 Å². The van der Waals surface area contributed by atoms with E-state index in [4.69, 9.17) is 15.2 Å². The maximum absolute atomic E-state index is 11.6. The summed E-state index contributed by atoms with van der Waals surface area (Å²) in [6.07, 6.45) is 0.808. The molecule has 1 heterocycles. The summed E-state index contributed by atoms with van der Waals surface area (Å²) in [6, 6.07) is 7.84. The minimum absolute atomic E-state index is 0.193. The maximum atomic E-state index is 11.6. The van der Waals surface area contributed by atoms with Crippen LogP contribution in [-0.4, -0.2) is 31.1 Å². The molecule has 0 aliphatic rings. The molecule has 0 aliphatic carbocycles. The van der Waals surface area contributed by atoms with Crippen molar-refractivity contribution in [2.75, 3.05) is 31.8 Å². The molecule has 2 aromatic rings. The molecular weight excluding hydrogens is 290 g/mol. The third kappa shape index (κ3) is 3.63. The van der Waals surface area contributed by atoms with Crippen LogP contribution in [0.5, 0.6) is 5.75 Å². The van der Waals surface area contributed by atoms with Crippen molar-refractivity contribution in [2.24, 2.45) is 0 Å². The van der Waals surface area contributed by atoms with Gasteiger partial charge in [-0.05, 0) is 35.6 Å². The zero-order valence-corrected chi connectivity index (χ0v) is 12.7. The summed E-state index contributed by atoms with van der Waals surface area (Å²) in [4.78, 5) is 11.6. The van der Waals surface area contributed by atoms with Crippen molar-refractivity contribution in [3.05, 3.63) is 35.4 Å². The standard InChI is InChI=1S/C14H17N3O3S/c1-19-10-5-3-9(4-6-10)7-8-16-13-11(14(18)20-2)12(15)17-21-13/h3-6,16H,7-8H2,1-2H3,(H2,15,17). The molecule has 7 heteroatoms. The quantitative estimate of drug-likeness (QED) is 0.795. The van der Waals surface area contributed by atoms with Crippen LogP contribution in [-0.2, 0) is 11.2 Å². The third-order valence-corrected chi connectivity index (χ3v) is 3.79. The van der Waals surface area contributed by atoms with Gasteiger partial charge in [-0.2, -0.15) is 4.37 Å². The van der Waals surface area contributed by atoms with Crippen LogP contribution in [0.25, 0.3) is 0 Å². The first-order chi connectivity index (χ1) is 10.2. The number of carbonyl (C=O) groups excluding carboxylic acids is 1. The van der Waals surface area contributed by atoms with Gasteiger partial charge in [-0.25, -0.2) is 4.79 Å². The van der Waals surface area contributed by atoms with Crippen LogP contribution in [0.1, 0.15) is 15.9 Å². The molecule has 0 unspecified atom stereocenters. The molecule has 0 amide bonds. The fourth-order valence-electron chi connectivity index (χ4n) is 1.83. The first-order valence-corrected chi connectivity index (χ1v) is 7.13. The smallest absolute Gasteiger partial charge is 0.344 e. The molecule has 6 nitrogen and oxygen atoms in total. The average molecular weight is 307 g/mol. The number of nitrogens with one attached hydrogen (secondary N) is 1. The molecule has 1 aromatic heterocycles. The van der Waals surface area contributed by atoms with Crippen molar-refractivity contribution in [1.29, 1.82) is 0 Å². The maximum Gasteiger partial charge on any atom is 0.344 e. The van der Waals surface area contributed by atoms with Gasteiger partial charge in [0.05, 0.1) is 14.2 Å². The molecule has 0 saturated carbocycles. The molecule has 0 atom stereocenters. The lowest BCUT2D eigenvalue weighted by Gasteiger charge is -2.07. The monoisotopic (exact) mass is 307 g/mol. The van der Waals surface area contributed by atoms with E-state index in [9.17, 15) is 4.79 Å². The highest BCUT2D eigenvalue weighted by Crippen LogP contribution is 2.27. The lowest BCUT2D eigenvalue weighted by Crippen LogP contribution is -2.10. The zero-order valence-electron chi connectivity index (χ0n) is 11.9. The Bertz CT molecular complexity index is 610. The first kappa shape index (κ1) is 15.1. The van der Waals surface area contributed by atoms with Crippen molar-refractivity contribution >= 4 is 28.3 Å². The largest absolute Gasteiger partial charge is 0.497 e. The van der Waals surface area contributed by atoms with Gasteiger partial charge in [0.15, 0.2) is 5.82 Å². The van der Waals surface area contributed by atoms with E-state index in [0.717, 1.165) is 23.7 Å². The van der Waals surface area contributed by atoms with E-state index in [1.165, 1.54) is 12.7 Å². The van der Waals surface area contributed by atoms with Gasteiger partial charge in [0.1, 0.15) is 16.3 Å². The van der Waals surface area contributed by atoms with Gasteiger partial charge in [0, 0.05) is 6.54 Å². The van der Waals surface area contributed by atoms with Crippen molar-refractivity contribution < 1.29 is 14.3 Å². The van der Waals surface area contributed by atoms with Gasteiger partial charge in [-0.15, -0.1) is 0 Å². The van der Waals surface area contributed by atoms with Crippen LogP contribution in [0.2, 0.25) is 0 Å². The number of anilines is 2. The predicted octanol–water partition coefficient (Wildman–Crippen LogP) is 2.18. The van der Waals surface area contributed by atoms with E-state index >= 15 is 0 Å². The number of aromatic nitrogens is 1. The van der Waals surface area contributed by atoms with E-state index < -0.39 is 5.97 Å². The van der Waals surface area contributed by atoms with Crippen LogP contribution >= 0.6 is 11.5 Å². The van der Waals surface area contributed by atoms with Gasteiger partial charge < -0.3 is 20.5 Å². The molecule has 21 heavy (non-hydrogen) atoms. The highest BCUT2D eigenvalue weighted by Gasteiger charge is 2.19. The number of benzene rings is 1. The number of esters is 1. The third-order valence-electron chi connectivity index (χ3n) is 2.97. The van der Waals surface area contributed by atoms with E-state index in [2.05, 4.69) is 9.69 Å². The number of hydrogen-bond donors (Lipinski definition) is 2. The van der Waals surface area contributed by atoms with E-state index in [1.807, 2.05) is 24.3 Å². The predicted molar refractivity (Wildman–Crippen MR) is 83.1 cm³/mol. The summed E-state index contributed by atoms with van der Waals surface area (Å²) in [6.45, 7) is 0.665. The number of nitrogens with two attached hydrogens (primary N) is 1. The van der Waals surface area contributed by atoms with Gasteiger partial charge in [0.2, 0.25) is 0 Å². The van der Waals surface area contributed by atoms with Crippen molar-refractivity contribution in [3.63, 3.8) is 0 Å². The highest BCUT2D eigenvalue weighted by atomic mass is 32.1. The number of nitrogen functional groups attached to an aromatic ring is 1. The second-order valence-corrected chi connectivity index (χ2v) is 5.06. The fraction of sp³-hybridized carbons (Fsp3) is 0.286. The minimum Gasteiger partial charge on any atom is -0.497 e. The normalized spacial score (nSPS) is 10.2. The number of carbonyl (C=O) groups is 1. The first-order valence-electron chi connectivity index (χ1n) is 6.36. The van der Waals surface area contributed by atoms with Crippen molar-refractivity contribution in [1.82, 2.24) is 4.37 Å². The lowest BCUT2D eigenvalue weighted by atomic mass is 10.1. The summed E-state index contributed by atoms with van der Waals surface area (Å²) in [5.41, 5.74) is 7.15. The van der Waals surface area contributed by atoms with E-state index in [0.29, 0.717) is 17.1 Å². The van der Waals surface area contributed by atoms with Crippen LogP contribution in [0.15, 0.2) is 24.3 Å². The number of methoxy groups -OCH3 is 2.